The van der Waals surface area contributed by atoms with Gasteiger partial charge in [-0.05, 0) is 32.0 Å². The summed E-state index contributed by atoms with van der Waals surface area (Å²) in [6, 6.07) is 1.45. The summed E-state index contributed by atoms with van der Waals surface area (Å²) in [6.07, 6.45) is 2.24. The van der Waals surface area contributed by atoms with E-state index in [4.69, 9.17) is 5.73 Å². The predicted octanol–water partition coefficient (Wildman–Crippen LogP) is 0.853. The van der Waals surface area contributed by atoms with E-state index in [-0.39, 0.29) is 11.6 Å². The van der Waals surface area contributed by atoms with Crippen molar-refractivity contribution in [2.24, 2.45) is 12.8 Å². The minimum Gasteiger partial charge on any atom is -0.328 e. The molecule has 2 aromatic rings. The number of aromatic amines is 1. The van der Waals surface area contributed by atoms with Gasteiger partial charge in [-0.15, -0.1) is 0 Å². The molecule has 1 unspecified atom stereocenters. The van der Waals surface area contributed by atoms with Gasteiger partial charge in [0.2, 0.25) is 0 Å². The Morgan fingerprint density at radius 1 is 1.58 bits per heavy atom. The van der Waals surface area contributed by atoms with Crippen molar-refractivity contribution in [1.29, 1.82) is 0 Å². The second kappa shape index (κ2) is 5.58. The van der Waals surface area contributed by atoms with Crippen LogP contribution in [-0.2, 0) is 13.5 Å². The van der Waals surface area contributed by atoms with Gasteiger partial charge in [-0.25, -0.2) is 4.98 Å². The molecular formula is C12H17N5OS. The molecule has 0 aliphatic rings. The largest absolute Gasteiger partial charge is 0.328 e. The lowest BCUT2D eigenvalue weighted by atomic mass is 10.1. The molecule has 0 aliphatic carbocycles. The molecule has 0 fully saturated rings. The van der Waals surface area contributed by atoms with Gasteiger partial charge in [0, 0.05) is 30.9 Å². The number of aromatic nitrogens is 4. The van der Waals surface area contributed by atoms with Crippen LogP contribution in [0, 0.1) is 6.92 Å². The monoisotopic (exact) mass is 279 g/mol. The quantitative estimate of drug-likeness (QED) is 0.810. The number of hydrogen-bond donors (Lipinski definition) is 2. The SMILES string of the molecule is Cc1nn(C)c(Sc2nccc(=O)[nH]2)c1CC(C)N. The highest BCUT2D eigenvalue weighted by atomic mass is 32.2. The maximum absolute atomic E-state index is 11.3. The average Bonchev–Trinajstić information content (AvgIpc) is 2.56. The van der Waals surface area contributed by atoms with Crippen molar-refractivity contribution in [2.75, 3.05) is 0 Å². The fraction of sp³-hybridized carbons (Fsp3) is 0.417. The smallest absolute Gasteiger partial charge is 0.251 e. The van der Waals surface area contributed by atoms with Gasteiger partial charge in [0.1, 0.15) is 5.03 Å². The number of H-pyrrole nitrogens is 1. The molecule has 0 saturated carbocycles. The van der Waals surface area contributed by atoms with E-state index in [0.717, 1.165) is 22.7 Å². The van der Waals surface area contributed by atoms with Crippen LogP contribution in [0.5, 0.6) is 0 Å². The molecule has 0 aromatic carbocycles. The van der Waals surface area contributed by atoms with E-state index >= 15 is 0 Å². The summed E-state index contributed by atoms with van der Waals surface area (Å²) in [5.74, 6) is 0. The summed E-state index contributed by atoms with van der Waals surface area (Å²) in [7, 11) is 1.88. The van der Waals surface area contributed by atoms with E-state index in [0.29, 0.717) is 5.16 Å². The van der Waals surface area contributed by atoms with Gasteiger partial charge in [-0.2, -0.15) is 5.10 Å². The Balaban J connectivity index is 2.36. The Bertz CT molecular complexity index is 631. The maximum Gasteiger partial charge on any atom is 0.251 e. The molecule has 3 N–H and O–H groups in total. The lowest BCUT2D eigenvalue weighted by Gasteiger charge is -2.07. The third-order valence-corrected chi connectivity index (χ3v) is 3.76. The molecule has 0 aliphatic heterocycles. The minimum atomic E-state index is -0.162. The van der Waals surface area contributed by atoms with Gasteiger partial charge in [0.15, 0.2) is 5.16 Å². The highest BCUT2D eigenvalue weighted by Gasteiger charge is 2.16. The lowest BCUT2D eigenvalue weighted by Crippen LogP contribution is -2.18. The molecule has 2 rings (SSSR count). The first kappa shape index (κ1) is 13.8. The zero-order valence-corrected chi connectivity index (χ0v) is 12.0. The van der Waals surface area contributed by atoms with Crippen LogP contribution >= 0.6 is 11.8 Å². The van der Waals surface area contributed by atoms with Gasteiger partial charge in [-0.1, -0.05) is 0 Å². The van der Waals surface area contributed by atoms with Crippen molar-refractivity contribution in [3.63, 3.8) is 0 Å². The minimum absolute atomic E-state index is 0.0602. The molecule has 0 amide bonds. The van der Waals surface area contributed by atoms with Gasteiger partial charge >= 0.3 is 0 Å². The van der Waals surface area contributed by atoms with Crippen LogP contribution in [0.25, 0.3) is 0 Å². The van der Waals surface area contributed by atoms with Crippen molar-refractivity contribution in [2.45, 2.75) is 36.5 Å². The Hall–Kier alpha value is -1.60. The lowest BCUT2D eigenvalue weighted by molar-refractivity contribution is 0.676. The first-order valence-electron chi connectivity index (χ1n) is 5.98. The molecular weight excluding hydrogens is 262 g/mol. The Kier molecular flexibility index (Phi) is 4.06. The topological polar surface area (TPSA) is 89.6 Å². The second-order valence-electron chi connectivity index (χ2n) is 4.52. The third kappa shape index (κ3) is 3.24. The fourth-order valence-corrected chi connectivity index (χ4v) is 2.84. The number of nitrogens with one attached hydrogen (secondary N) is 1. The van der Waals surface area contributed by atoms with E-state index in [9.17, 15) is 4.79 Å². The van der Waals surface area contributed by atoms with Crippen LogP contribution < -0.4 is 11.3 Å². The summed E-state index contributed by atoms with van der Waals surface area (Å²) in [5, 5.41) is 5.92. The second-order valence-corrected chi connectivity index (χ2v) is 5.49. The molecule has 2 aromatic heterocycles. The molecule has 0 spiro atoms. The zero-order chi connectivity index (χ0) is 14.0. The van der Waals surface area contributed by atoms with Crippen molar-refractivity contribution < 1.29 is 0 Å². The number of nitrogens with two attached hydrogens (primary N) is 1. The first-order valence-corrected chi connectivity index (χ1v) is 6.80. The van der Waals surface area contributed by atoms with Crippen molar-refractivity contribution in [1.82, 2.24) is 19.7 Å². The zero-order valence-electron chi connectivity index (χ0n) is 11.2. The summed E-state index contributed by atoms with van der Waals surface area (Å²) >= 11 is 1.40. The van der Waals surface area contributed by atoms with Crippen molar-refractivity contribution >= 4 is 11.8 Å². The summed E-state index contributed by atoms with van der Waals surface area (Å²) in [5.41, 5.74) is 7.77. The van der Waals surface area contributed by atoms with E-state index in [1.807, 2.05) is 20.9 Å². The molecule has 0 bridgehead atoms. The van der Waals surface area contributed by atoms with Crippen LogP contribution in [0.1, 0.15) is 18.2 Å². The molecule has 7 heteroatoms. The highest BCUT2D eigenvalue weighted by Crippen LogP contribution is 2.29. The first-order chi connectivity index (χ1) is 8.97. The van der Waals surface area contributed by atoms with E-state index < -0.39 is 0 Å². The van der Waals surface area contributed by atoms with E-state index in [2.05, 4.69) is 15.1 Å². The summed E-state index contributed by atoms with van der Waals surface area (Å²) < 4.78 is 1.80. The molecule has 102 valence electrons. The maximum atomic E-state index is 11.3. The van der Waals surface area contributed by atoms with Crippen LogP contribution in [-0.4, -0.2) is 25.8 Å². The van der Waals surface area contributed by atoms with Gasteiger partial charge in [0.25, 0.3) is 5.56 Å². The highest BCUT2D eigenvalue weighted by molar-refractivity contribution is 7.99. The van der Waals surface area contributed by atoms with Gasteiger partial charge < -0.3 is 10.7 Å². The molecule has 19 heavy (non-hydrogen) atoms. The van der Waals surface area contributed by atoms with Crippen LogP contribution in [0.2, 0.25) is 0 Å². The normalized spacial score (nSPS) is 12.6. The third-order valence-electron chi connectivity index (χ3n) is 2.66. The average molecular weight is 279 g/mol. The summed E-state index contributed by atoms with van der Waals surface area (Å²) in [6.45, 7) is 3.92. The van der Waals surface area contributed by atoms with Crippen molar-refractivity contribution in [3.05, 3.63) is 33.9 Å². The standard InChI is InChI=1S/C12H17N5OS/c1-7(13)6-9-8(2)16-17(3)11(9)19-12-14-5-4-10(18)15-12/h4-5,7H,6,13H2,1-3H3,(H,14,15,18). The molecule has 2 heterocycles. The summed E-state index contributed by atoms with van der Waals surface area (Å²) in [4.78, 5) is 18.1. The fourth-order valence-electron chi connectivity index (χ4n) is 1.86. The molecule has 1 atom stereocenters. The predicted molar refractivity (Wildman–Crippen MR) is 74.3 cm³/mol. The number of aryl methyl sites for hydroxylation is 2. The van der Waals surface area contributed by atoms with Crippen LogP contribution in [0.15, 0.2) is 27.2 Å². The number of rotatable bonds is 4. The molecule has 0 saturated heterocycles. The Morgan fingerprint density at radius 2 is 2.32 bits per heavy atom. The number of hydrogen-bond acceptors (Lipinski definition) is 5. The van der Waals surface area contributed by atoms with Crippen LogP contribution in [0.3, 0.4) is 0 Å². The van der Waals surface area contributed by atoms with Crippen molar-refractivity contribution in [3.8, 4) is 0 Å². The Labute approximate surface area is 115 Å². The molecule has 0 radical (unpaired) electrons. The van der Waals surface area contributed by atoms with Gasteiger partial charge in [-0.3, -0.25) is 9.48 Å². The van der Waals surface area contributed by atoms with E-state index in [1.54, 1.807) is 4.68 Å². The Morgan fingerprint density at radius 3 is 2.95 bits per heavy atom. The van der Waals surface area contributed by atoms with Crippen LogP contribution in [0.4, 0.5) is 0 Å². The van der Waals surface area contributed by atoms with E-state index in [1.165, 1.54) is 24.0 Å². The van der Waals surface area contributed by atoms with Gasteiger partial charge in [0.05, 0.1) is 5.69 Å². The number of nitrogens with zero attached hydrogens (tertiary/aromatic N) is 3. The molecule has 6 nitrogen and oxygen atoms in total.